The van der Waals surface area contributed by atoms with E-state index in [1.807, 2.05) is 4.72 Å². The van der Waals surface area contributed by atoms with Crippen molar-refractivity contribution >= 4 is 16.0 Å². The smallest absolute Gasteiger partial charge is 0.416 e. The van der Waals surface area contributed by atoms with Crippen molar-refractivity contribution in [2.45, 2.75) is 23.5 Å². The maximum atomic E-state index is 12.7. The molecule has 0 aliphatic rings. The molecule has 1 N–H and O–H groups in total. The number of hydrogen-bond acceptors (Lipinski definition) is 4. The molecule has 9 heteroatoms. The van der Waals surface area contributed by atoms with Gasteiger partial charge in [-0.05, 0) is 30.2 Å². The van der Waals surface area contributed by atoms with Gasteiger partial charge in [-0.3, -0.25) is 0 Å². The first-order valence-electron chi connectivity index (χ1n) is 7.04. The largest absolute Gasteiger partial charge is 0.548 e. The van der Waals surface area contributed by atoms with E-state index in [2.05, 4.69) is 0 Å². The standard InChI is InChI=1S/C16H14F3NO4S/c17-16(18,19)12-7-4-8-13(10-12)25(23,24)20-14(15(21)22)9-11-5-2-1-3-6-11/h1-8,10,14,20H,9H2,(H,21,22)/p-1/t14-/m0/s1. The zero-order chi connectivity index (χ0) is 18.7. The Labute approximate surface area is 142 Å². The van der Waals surface area contributed by atoms with E-state index >= 15 is 0 Å². The first kappa shape index (κ1) is 18.9. The van der Waals surface area contributed by atoms with Crippen LogP contribution in [-0.4, -0.2) is 20.4 Å². The maximum Gasteiger partial charge on any atom is 0.416 e. The van der Waals surface area contributed by atoms with Crippen LogP contribution in [0.15, 0.2) is 59.5 Å². The van der Waals surface area contributed by atoms with Gasteiger partial charge in [0.25, 0.3) is 0 Å². The van der Waals surface area contributed by atoms with Crippen molar-refractivity contribution in [3.05, 3.63) is 65.7 Å². The summed E-state index contributed by atoms with van der Waals surface area (Å²) in [5.41, 5.74) is -0.619. The highest BCUT2D eigenvalue weighted by molar-refractivity contribution is 7.89. The van der Waals surface area contributed by atoms with Crippen LogP contribution >= 0.6 is 0 Å². The Morgan fingerprint density at radius 1 is 1.08 bits per heavy atom. The number of sulfonamides is 1. The highest BCUT2D eigenvalue weighted by atomic mass is 32.2. The number of alkyl halides is 3. The first-order chi connectivity index (χ1) is 11.6. The fourth-order valence-electron chi connectivity index (χ4n) is 2.12. The van der Waals surface area contributed by atoms with E-state index < -0.39 is 38.7 Å². The van der Waals surface area contributed by atoms with Gasteiger partial charge in [0.05, 0.1) is 22.5 Å². The molecule has 0 aliphatic carbocycles. The van der Waals surface area contributed by atoms with E-state index in [9.17, 15) is 31.5 Å². The Morgan fingerprint density at radius 2 is 1.72 bits per heavy atom. The van der Waals surface area contributed by atoms with Gasteiger partial charge in [-0.25, -0.2) is 13.1 Å². The number of hydrogen-bond donors (Lipinski definition) is 1. The molecule has 134 valence electrons. The van der Waals surface area contributed by atoms with Gasteiger partial charge < -0.3 is 9.90 Å². The van der Waals surface area contributed by atoms with Crippen molar-refractivity contribution in [2.24, 2.45) is 0 Å². The molecular weight excluding hydrogens is 359 g/mol. The second kappa shape index (κ2) is 7.24. The molecular formula is C16H13F3NO4S-. The summed E-state index contributed by atoms with van der Waals surface area (Å²) in [6.45, 7) is 0. The highest BCUT2D eigenvalue weighted by Crippen LogP contribution is 2.30. The van der Waals surface area contributed by atoms with Gasteiger partial charge in [0, 0.05) is 0 Å². The first-order valence-corrected chi connectivity index (χ1v) is 8.52. The Bertz CT molecular complexity index is 851. The summed E-state index contributed by atoms with van der Waals surface area (Å²) in [6, 6.07) is 9.59. The van der Waals surface area contributed by atoms with Gasteiger partial charge in [-0.1, -0.05) is 36.4 Å². The molecule has 0 aliphatic heterocycles. The molecule has 2 aromatic rings. The maximum absolute atomic E-state index is 12.7. The molecule has 0 unspecified atom stereocenters. The van der Waals surface area contributed by atoms with Crippen molar-refractivity contribution in [3.63, 3.8) is 0 Å². The van der Waals surface area contributed by atoms with Crippen molar-refractivity contribution in [1.82, 2.24) is 4.72 Å². The van der Waals surface area contributed by atoms with E-state index in [1.165, 1.54) is 0 Å². The fraction of sp³-hybridized carbons (Fsp3) is 0.188. The number of carboxylic acids is 1. The minimum atomic E-state index is -4.72. The van der Waals surface area contributed by atoms with Gasteiger partial charge in [0.15, 0.2) is 0 Å². The zero-order valence-corrected chi connectivity index (χ0v) is 13.5. The molecule has 0 saturated carbocycles. The lowest BCUT2D eigenvalue weighted by Gasteiger charge is -2.20. The number of halogens is 3. The lowest BCUT2D eigenvalue weighted by Crippen LogP contribution is -2.49. The predicted molar refractivity (Wildman–Crippen MR) is 80.7 cm³/mol. The van der Waals surface area contributed by atoms with E-state index in [1.54, 1.807) is 30.3 Å². The van der Waals surface area contributed by atoms with Crippen molar-refractivity contribution in [3.8, 4) is 0 Å². The second-order valence-corrected chi connectivity index (χ2v) is 6.92. The number of carbonyl (C=O) groups excluding carboxylic acids is 1. The zero-order valence-electron chi connectivity index (χ0n) is 12.7. The molecule has 2 rings (SSSR count). The number of carboxylic acid groups (broad SMARTS) is 1. The van der Waals surface area contributed by atoms with Crippen LogP contribution in [0, 0.1) is 0 Å². The lowest BCUT2D eigenvalue weighted by molar-refractivity contribution is -0.307. The summed E-state index contributed by atoms with van der Waals surface area (Å²) in [5, 5.41) is 11.2. The van der Waals surface area contributed by atoms with E-state index in [4.69, 9.17) is 0 Å². The van der Waals surface area contributed by atoms with Gasteiger partial charge in [-0.2, -0.15) is 13.2 Å². The summed E-state index contributed by atoms with van der Waals surface area (Å²) < 4.78 is 64.5. The third-order valence-corrected chi connectivity index (χ3v) is 4.81. The molecule has 0 fully saturated rings. The van der Waals surface area contributed by atoms with Crippen LogP contribution in [0.1, 0.15) is 11.1 Å². The van der Waals surface area contributed by atoms with Crippen LogP contribution < -0.4 is 9.83 Å². The minimum absolute atomic E-state index is 0.207. The summed E-state index contributed by atoms with van der Waals surface area (Å²) in [7, 11) is -4.48. The Morgan fingerprint density at radius 3 is 2.28 bits per heavy atom. The van der Waals surface area contributed by atoms with Gasteiger partial charge in [0.1, 0.15) is 0 Å². The molecule has 0 aromatic heterocycles. The van der Waals surface area contributed by atoms with Crippen LogP contribution in [0.2, 0.25) is 0 Å². The van der Waals surface area contributed by atoms with Crippen molar-refractivity contribution in [2.75, 3.05) is 0 Å². The average molecular weight is 372 g/mol. The number of rotatable bonds is 6. The van der Waals surface area contributed by atoms with E-state index in [-0.39, 0.29) is 6.42 Å². The monoisotopic (exact) mass is 372 g/mol. The quantitative estimate of drug-likeness (QED) is 0.829. The highest BCUT2D eigenvalue weighted by Gasteiger charge is 2.32. The van der Waals surface area contributed by atoms with Crippen molar-refractivity contribution in [1.29, 1.82) is 0 Å². The molecule has 2 aromatic carbocycles. The van der Waals surface area contributed by atoms with Crippen LogP contribution in [0.3, 0.4) is 0 Å². The third-order valence-electron chi connectivity index (χ3n) is 3.34. The summed E-state index contributed by atoms with van der Waals surface area (Å²) in [6.07, 6.45) is -4.93. The summed E-state index contributed by atoms with van der Waals surface area (Å²) in [5.74, 6) is -1.68. The van der Waals surface area contributed by atoms with Gasteiger partial charge >= 0.3 is 6.18 Å². The number of carbonyl (C=O) groups is 1. The molecule has 1 atom stereocenters. The molecule has 0 bridgehead atoms. The SMILES string of the molecule is O=C([O-])[C@H](Cc1ccccc1)NS(=O)(=O)c1cccc(C(F)(F)F)c1. The number of nitrogens with one attached hydrogen (secondary N) is 1. The summed E-state index contributed by atoms with van der Waals surface area (Å²) >= 11 is 0. The Hall–Kier alpha value is -2.39. The molecule has 5 nitrogen and oxygen atoms in total. The van der Waals surface area contributed by atoms with Gasteiger partial charge in [0.2, 0.25) is 10.0 Å². The van der Waals surface area contributed by atoms with Crippen LogP contribution in [0.25, 0.3) is 0 Å². The molecule has 25 heavy (non-hydrogen) atoms. The minimum Gasteiger partial charge on any atom is -0.548 e. The van der Waals surface area contributed by atoms with E-state index in [0.717, 1.165) is 18.2 Å². The van der Waals surface area contributed by atoms with Crippen LogP contribution in [-0.2, 0) is 27.4 Å². The normalized spacial score (nSPS) is 13.4. The molecule has 0 radical (unpaired) electrons. The third kappa shape index (κ3) is 5.04. The number of benzene rings is 2. The molecule has 0 spiro atoms. The fourth-order valence-corrected chi connectivity index (χ4v) is 3.35. The average Bonchev–Trinajstić information content (AvgIpc) is 2.54. The molecule has 0 saturated heterocycles. The molecule has 0 heterocycles. The summed E-state index contributed by atoms with van der Waals surface area (Å²) in [4.78, 5) is 10.5. The lowest BCUT2D eigenvalue weighted by atomic mass is 10.1. The topological polar surface area (TPSA) is 86.3 Å². The van der Waals surface area contributed by atoms with Crippen LogP contribution in [0.4, 0.5) is 13.2 Å². The van der Waals surface area contributed by atoms with Crippen LogP contribution in [0.5, 0.6) is 0 Å². The second-order valence-electron chi connectivity index (χ2n) is 5.21. The molecule has 0 amide bonds. The number of aliphatic carboxylic acids is 1. The predicted octanol–water partition coefficient (Wildman–Crippen LogP) is 1.34. The van der Waals surface area contributed by atoms with Crippen molar-refractivity contribution < 1.29 is 31.5 Å². The Kier molecular flexibility index (Phi) is 5.48. The van der Waals surface area contributed by atoms with Gasteiger partial charge in [-0.15, -0.1) is 0 Å². The van der Waals surface area contributed by atoms with E-state index in [0.29, 0.717) is 11.6 Å². The Balaban J connectivity index is 2.27.